The fraction of sp³-hybridized carbons (Fsp3) is 0.478. The summed E-state index contributed by atoms with van der Waals surface area (Å²) in [5.74, 6) is 1.12. The van der Waals surface area contributed by atoms with Gasteiger partial charge in [-0.3, -0.25) is 4.79 Å². The topological polar surface area (TPSA) is 90.5 Å². The largest absolute Gasteiger partial charge is 0.483 e. The minimum Gasteiger partial charge on any atom is -0.483 e. The Hall–Kier alpha value is -3.16. The number of ether oxygens (including phenoxy) is 1. The molecule has 1 aromatic carbocycles. The fourth-order valence-corrected chi connectivity index (χ4v) is 4.16. The van der Waals surface area contributed by atoms with Gasteiger partial charge in [-0.1, -0.05) is 6.92 Å². The Morgan fingerprint density at radius 3 is 2.81 bits per heavy atom. The van der Waals surface area contributed by atoms with Gasteiger partial charge < -0.3 is 18.6 Å². The lowest BCUT2D eigenvalue weighted by atomic mass is 9.90. The van der Waals surface area contributed by atoms with Gasteiger partial charge in [0.2, 0.25) is 0 Å². The molecule has 0 saturated heterocycles. The van der Waals surface area contributed by atoms with E-state index >= 15 is 0 Å². The first-order valence-electron chi connectivity index (χ1n) is 10.8. The van der Waals surface area contributed by atoms with Crippen LogP contribution in [-0.4, -0.2) is 39.2 Å². The summed E-state index contributed by atoms with van der Waals surface area (Å²) in [4.78, 5) is 26.6. The van der Waals surface area contributed by atoms with Gasteiger partial charge in [0.15, 0.2) is 12.4 Å². The number of nitrogens with zero attached hydrogens (tertiary/aromatic N) is 4. The van der Waals surface area contributed by atoms with E-state index < -0.39 is 0 Å². The minimum absolute atomic E-state index is 0.111. The minimum atomic E-state index is -0.255. The van der Waals surface area contributed by atoms with Gasteiger partial charge in [-0.2, -0.15) is 0 Å². The van der Waals surface area contributed by atoms with E-state index in [4.69, 9.17) is 9.15 Å². The highest BCUT2D eigenvalue weighted by atomic mass is 16.5. The highest BCUT2D eigenvalue weighted by Crippen LogP contribution is 2.32. The van der Waals surface area contributed by atoms with Gasteiger partial charge in [-0.05, 0) is 56.7 Å². The number of aryl methyl sites for hydroxylation is 3. The third kappa shape index (κ3) is 4.19. The van der Waals surface area contributed by atoms with Crippen molar-refractivity contribution < 1.29 is 13.9 Å². The van der Waals surface area contributed by atoms with Crippen LogP contribution >= 0.6 is 0 Å². The van der Waals surface area contributed by atoms with Gasteiger partial charge in [0.25, 0.3) is 5.91 Å². The molecule has 0 atom stereocenters. The highest BCUT2D eigenvalue weighted by Gasteiger charge is 2.21. The van der Waals surface area contributed by atoms with E-state index in [9.17, 15) is 9.59 Å². The second-order valence-corrected chi connectivity index (χ2v) is 8.10. The van der Waals surface area contributed by atoms with E-state index in [-0.39, 0.29) is 18.1 Å². The number of hydrogen-bond acceptors (Lipinski definition) is 6. The first kappa shape index (κ1) is 21.1. The fourth-order valence-electron chi connectivity index (χ4n) is 4.16. The molecule has 0 spiro atoms. The number of carbonyl (C=O) groups excluding carboxylic acids is 1. The SMILES string of the molecule is CCCn1cnnc1CN(C)C(=O)COc1ccc2c3c(c(=O)oc2c1C)CCCC3. The molecule has 164 valence electrons. The number of aromatic nitrogens is 3. The molecule has 0 saturated carbocycles. The lowest BCUT2D eigenvalue weighted by Gasteiger charge is -2.19. The molecular weight excluding hydrogens is 396 g/mol. The maximum Gasteiger partial charge on any atom is 0.339 e. The lowest BCUT2D eigenvalue weighted by Crippen LogP contribution is -2.32. The van der Waals surface area contributed by atoms with E-state index in [1.54, 1.807) is 18.3 Å². The molecule has 0 radical (unpaired) electrons. The van der Waals surface area contributed by atoms with Gasteiger partial charge >= 0.3 is 5.63 Å². The molecule has 1 amide bonds. The van der Waals surface area contributed by atoms with Crippen molar-refractivity contribution in [2.45, 2.75) is 59.0 Å². The lowest BCUT2D eigenvalue weighted by molar-refractivity contribution is -0.132. The summed E-state index contributed by atoms with van der Waals surface area (Å²) in [6, 6.07) is 3.80. The molecule has 2 aromatic heterocycles. The molecule has 2 heterocycles. The van der Waals surface area contributed by atoms with Gasteiger partial charge in [0.1, 0.15) is 17.7 Å². The molecule has 3 aromatic rings. The van der Waals surface area contributed by atoms with E-state index in [1.165, 1.54) is 0 Å². The number of rotatable bonds is 7. The quantitative estimate of drug-likeness (QED) is 0.542. The van der Waals surface area contributed by atoms with Crippen LogP contribution in [0.4, 0.5) is 0 Å². The standard InChI is InChI=1S/C23H28N4O4/c1-4-11-27-14-24-25-20(27)12-26(3)21(28)13-30-19-10-9-17-16-7-5-6-8-18(16)23(29)31-22(17)15(19)2/h9-10,14H,4-8,11-13H2,1-3H3. The Morgan fingerprint density at radius 2 is 2.03 bits per heavy atom. The van der Waals surface area contributed by atoms with Crippen LogP contribution in [0, 0.1) is 6.92 Å². The summed E-state index contributed by atoms with van der Waals surface area (Å²) in [7, 11) is 1.72. The van der Waals surface area contributed by atoms with E-state index in [1.807, 2.05) is 23.6 Å². The summed E-state index contributed by atoms with van der Waals surface area (Å²) in [6.45, 7) is 5.00. The zero-order valence-corrected chi connectivity index (χ0v) is 18.3. The molecular formula is C23H28N4O4. The molecule has 8 nitrogen and oxygen atoms in total. The van der Waals surface area contributed by atoms with Crippen molar-refractivity contribution in [2.75, 3.05) is 13.7 Å². The van der Waals surface area contributed by atoms with Crippen LogP contribution in [0.2, 0.25) is 0 Å². The normalized spacial score (nSPS) is 13.3. The number of hydrogen-bond donors (Lipinski definition) is 0. The average Bonchev–Trinajstić information content (AvgIpc) is 3.20. The number of fused-ring (bicyclic) bond motifs is 3. The van der Waals surface area contributed by atoms with Crippen LogP contribution in [0.25, 0.3) is 11.0 Å². The summed E-state index contributed by atoms with van der Waals surface area (Å²) in [6.07, 6.45) is 6.41. The maximum atomic E-state index is 12.6. The Labute approximate surface area is 180 Å². The number of benzene rings is 1. The van der Waals surface area contributed by atoms with Gasteiger partial charge in [-0.25, -0.2) is 4.79 Å². The van der Waals surface area contributed by atoms with Crippen LogP contribution in [-0.2, 0) is 30.7 Å². The molecule has 0 fully saturated rings. The summed E-state index contributed by atoms with van der Waals surface area (Å²) in [5, 5.41) is 9.01. The van der Waals surface area contributed by atoms with Crippen LogP contribution < -0.4 is 10.4 Å². The molecule has 31 heavy (non-hydrogen) atoms. The molecule has 8 heteroatoms. The Bertz CT molecular complexity index is 1160. The number of carbonyl (C=O) groups is 1. The summed E-state index contributed by atoms with van der Waals surface area (Å²) < 4.78 is 13.4. The van der Waals surface area contributed by atoms with Gasteiger partial charge in [0, 0.05) is 30.1 Å². The van der Waals surface area contributed by atoms with E-state index in [0.717, 1.165) is 66.5 Å². The van der Waals surface area contributed by atoms with Gasteiger partial charge in [-0.15, -0.1) is 10.2 Å². The molecule has 1 aliphatic rings. The molecule has 4 rings (SSSR count). The van der Waals surface area contributed by atoms with Crippen molar-refractivity contribution in [1.82, 2.24) is 19.7 Å². The number of amides is 1. The zero-order chi connectivity index (χ0) is 22.0. The van der Waals surface area contributed by atoms with Crippen LogP contribution in [0.1, 0.15) is 48.7 Å². The maximum absolute atomic E-state index is 12.6. The van der Waals surface area contributed by atoms with Crippen LogP contribution in [0.3, 0.4) is 0 Å². The molecule has 0 bridgehead atoms. The second kappa shape index (κ2) is 8.91. The molecule has 1 aliphatic carbocycles. The van der Waals surface area contributed by atoms with E-state index in [0.29, 0.717) is 17.9 Å². The second-order valence-electron chi connectivity index (χ2n) is 8.10. The van der Waals surface area contributed by atoms with Crippen molar-refractivity contribution in [1.29, 1.82) is 0 Å². The zero-order valence-electron chi connectivity index (χ0n) is 18.3. The average molecular weight is 425 g/mol. The van der Waals surface area contributed by atoms with E-state index in [2.05, 4.69) is 17.1 Å². The van der Waals surface area contributed by atoms with Gasteiger partial charge in [0.05, 0.1) is 6.54 Å². The molecule has 0 unspecified atom stereocenters. The smallest absolute Gasteiger partial charge is 0.339 e. The summed E-state index contributed by atoms with van der Waals surface area (Å²) in [5.41, 5.74) is 2.94. The summed E-state index contributed by atoms with van der Waals surface area (Å²) >= 11 is 0. The highest BCUT2D eigenvalue weighted by molar-refractivity contribution is 5.86. The van der Waals surface area contributed by atoms with Crippen molar-refractivity contribution in [2.24, 2.45) is 0 Å². The van der Waals surface area contributed by atoms with Crippen molar-refractivity contribution in [3.8, 4) is 5.75 Å². The Morgan fingerprint density at radius 1 is 1.26 bits per heavy atom. The Balaban J connectivity index is 1.48. The third-order valence-corrected chi connectivity index (χ3v) is 5.91. The predicted octanol–water partition coefficient (Wildman–Crippen LogP) is 3.02. The van der Waals surface area contributed by atoms with Crippen molar-refractivity contribution >= 4 is 16.9 Å². The van der Waals surface area contributed by atoms with Crippen LogP contribution in [0.5, 0.6) is 5.75 Å². The van der Waals surface area contributed by atoms with Crippen LogP contribution in [0.15, 0.2) is 27.7 Å². The first-order valence-corrected chi connectivity index (χ1v) is 10.8. The molecule has 0 aliphatic heterocycles. The number of likely N-dealkylation sites (N-methyl/N-ethyl adjacent to an activating group) is 1. The van der Waals surface area contributed by atoms with Crippen molar-refractivity contribution in [3.05, 3.63) is 51.4 Å². The predicted molar refractivity (Wildman–Crippen MR) is 116 cm³/mol. The molecule has 0 N–H and O–H groups in total. The first-order chi connectivity index (χ1) is 15.0. The third-order valence-electron chi connectivity index (χ3n) is 5.91. The monoisotopic (exact) mass is 424 g/mol. The van der Waals surface area contributed by atoms with Crippen molar-refractivity contribution in [3.63, 3.8) is 0 Å². The Kier molecular flexibility index (Phi) is 6.06.